The van der Waals surface area contributed by atoms with Gasteiger partial charge in [0.25, 0.3) is 0 Å². The van der Waals surface area contributed by atoms with Gasteiger partial charge in [-0.25, -0.2) is 4.79 Å². The molecule has 2 rings (SSSR count). The highest BCUT2D eigenvalue weighted by atomic mass is 79.9. The zero-order valence-corrected chi connectivity index (χ0v) is 13.1. The average Bonchev–Trinajstić information content (AvgIpc) is 2.76. The Kier molecular flexibility index (Phi) is 3.91. The van der Waals surface area contributed by atoms with Crippen molar-refractivity contribution in [3.8, 4) is 11.8 Å². The molecule has 1 N–H and O–H groups in total. The number of nitrogens with zero attached hydrogens (tertiary/aromatic N) is 1. The largest absolute Gasteiger partial charge is 0.492 e. The van der Waals surface area contributed by atoms with Gasteiger partial charge in [-0.05, 0) is 42.8 Å². The van der Waals surface area contributed by atoms with Crippen LogP contribution in [-0.4, -0.2) is 18.3 Å². The lowest BCUT2D eigenvalue weighted by atomic mass is 10.0. The first kappa shape index (κ1) is 14.7. The number of rotatable bonds is 1. The topological polar surface area (TPSA) is 71.3 Å². The van der Waals surface area contributed by atoms with Crippen molar-refractivity contribution >= 4 is 27.7 Å². The number of nitriles is 1. The van der Waals surface area contributed by atoms with Crippen molar-refractivity contribution in [1.82, 2.24) is 0 Å². The van der Waals surface area contributed by atoms with E-state index in [9.17, 15) is 10.1 Å². The van der Waals surface area contributed by atoms with E-state index in [2.05, 4.69) is 27.3 Å². The Morgan fingerprint density at radius 1 is 1.55 bits per heavy atom. The maximum Gasteiger partial charge on any atom is 0.412 e. The van der Waals surface area contributed by atoms with Crippen LogP contribution in [0.4, 0.5) is 10.5 Å². The molecule has 106 valence electrons. The smallest absolute Gasteiger partial charge is 0.412 e. The summed E-state index contributed by atoms with van der Waals surface area (Å²) in [4.78, 5) is 11.8. The maximum atomic E-state index is 11.8. The van der Waals surface area contributed by atoms with Crippen LogP contribution in [0.2, 0.25) is 0 Å². The standard InChI is InChI=1S/C14H15BrN2O3/c1-14(2,3)20-13(18)17-11-6-10(15)12-8(4-5-19-12)9(11)7-16/h6H,4-5H2,1-3H3,(H,17,18). The Morgan fingerprint density at radius 3 is 2.85 bits per heavy atom. The number of carbonyl (C=O) groups excluding carboxylic acids is 1. The number of ether oxygens (including phenoxy) is 2. The van der Waals surface area contributed by atoms with Crippen molar-refractivity contribution in [1.29, 1.82) is 5.26 Å². The number of benzene rings is 1. The molecule has 0 saturated heterocycles. The molecule has 0 bridgehead atoms. The highest BCUT2D eigenvalue weighted by molar-refractivity contribution is 9.10. The normalized spacial score (nSPS) is 13.2. The molecule has 0 aromatic heterocycles. The maximum absolute atomic E-state index is 11.8. The molecular formula is C14H15BrN2O3. The van der Waals surface area contributed by atoms with Crippen LogP contribution in [0, 0.1) is 11.3 Å². The van der Waals surface area contributed by atoms with Gasteiger partial charge in [-0.15, -0.1) is 0 Å². The minimum Gasteiger partial charge on any atom is -0.492 e. The van der Waals surface area contributed by atoms with Crippen LogP contribution in [0.3, 0.4) is 0 Å². The molecule has 1 aromatic rings. The van der Waals surface area contributed by atoms with E-state index in [4.69, 9.17) is 9.47 Å². The SMILES string of the molecule is CC(C)(C)OC(=O)Nc1cc(Br)c2c(c1C#N)CCO2. The third kappa shape index (κ3) is 3.05. The molecule has 0 spiro atoms. The summed E-state index contributed by atoms with van der Waals surface area (Å²) >= 11 is 3.39. The Labute approximate surface area is 126 Å². The van der Waals surface area contributed by atoms with Gasteiger partial charge in [0.05, 0.1) is 22.3 Å². The van der Waals surface area contributed by atoms with Crippen LogP contribution in [0.25, 0.3) is 0 Å². The van der Waals surface area contributed by atoms with E-state index in [-0.39, 0.29) is 0 Å². The lowest BCUT2D eigenvalue weighted by Gasteiger charge is -2.20. The summed E-state index contributed by atoms with van der Waals surface area (Å²) in [6.07, 6.45) is 0.0699. The summed E-state index contributed by atoms with van der Waals surface area (Å²) in [5.74, 6) is 0.677. The van der Waals surface area contributed by atoms with E-state index >= 15 is 0 Å². The summed E-state index contributed by atoms with van der Waals surface area (Å²) in [6, 6.07) is 3.78. The van der Waals surface area contributed by atoms with Gasteiger partial charge in [0.1, 0.15) is 17.4 Å². The number of hydrogen-bond acceptors (Lipinski definition) is 4. The summed E-state index contributed by atoms with van der Waals surface area (Å²) in [5.41, 5.74) is 1.07. The van der Waals surface area contributed by atoms with Crippen molar-refractivity contribution in [2.45, 2.75) is 32.8 Å². The van der Waals surface area contributed by atoms with Gasteiger partial charge in [0, 0.05) is 12.0 Å². The lowest BCUT2D eigenvalue weighted by molar-refractivity contribution is 0.0636. The molecule has 6 heteroatoms. The number of nitrogens with one attached hydrogen (secondary N) is 1. The van der Waals surface area contributed by atoms with E-state index in [1.807, 2.05) is 0 Å². The van der Waals surface area contributed by atoms with Gasteiger partial charge in [-0.3, -0.25) is 5.32 Å². The van der Waals surface area contributed by atoms with Gasteiger partial charge in [-0.2, -0.15) is 5.26 Å². The van der Waals surface area contributed by atoms with E-state index in [1.165, 1.54) is 0 Å². The molecule has 1 heterocycles. The fourth-order valence-electron chi connectivity index (χ4n) is 1.97. The van der Waals surface area contributed by atoms with Crippen LogP contribution in [0.5, 0.6) is 5.75 Å². The number of anilines is 1. The van der Waals surface area contributed by atoms with Crippen molar-refractivity contribution < 1.29 is 14.3 Å². The minimum atomic E-state index is -0.589. The fraction of sp³-hybridized carbons (Fsp3) is 0.429. The number of amides is 1. The second-order valence-electron chi connectivity index (χ2n) is 5.43. The molecular weight excluding hydrogens is 324 g/mol. The zero-order chi connectivity index (χ0) is 14.9. The van der Waals surface area contributed by atoms with Crippen molar-refractivity contribution in [3.05, 3.63) is 21.7 Å². The Hall–Kier alpha value is -1.74. The van der Waals surface area contributed by atoms with E-state index in [0.29, 0.717) is 30.0 Å². The molecule has 20 heavy (non-hydrogen) atoms. The van der Waals surface area contributed by atoms with Gasteiger partial charge in [0.2, 0.25) is 0 Å². The highest BCUT2D eigenvalue weighted by Gasteiger charge is 2.24. The fourth-order valence-corrected chi connectivity index (χ4v) is 2.56. The molecule has 1 aliphatic heterocycles. The molecule has 0 aliphatic carbocycles. The van der Waals surface area contributed by atoms with Crippen molar-refractivity contribution in [2.24, 2.45) is 0 Å². The molecule has 5 nitrogen and oxygen atoms in total. The molecule has 0 unspecified atom stereocenters. The van der Waals surface area contributed by atoms with Gasteiger partial charge >= 0.3 is 6.09 Å². The van der Waals surface area contributed by atoms with E-state index in [0.717, 1.165) is 10.0 Å². The number of carbonyl (C=O) groups is 1. The lowest BCUT2D eigenvalue weighted by Crippen LogP contribution is -2.27. The minimum absolute atomic E-state index is 0.423. The molecule has 1 aromatic carbocycles. The molecule has 0 radical (unpaired) electrons. The predicted molar refractivity (Wildman–Crippen MR) is 77.9 cm³/mol. The monoisotopic (exact) mass is 338 g/mol. The third-order valence-electron chi connectivity index (χ3n) is 2.68. The van der Waals surface area contributed by atoms with Crippen molar-refractivity contribution in [3.63, 3.8) is 0 Å². The zero-order valence-electron chi connectivity index (χ0n) is 11.5. The summed E-state index contributed by atoms with van der Waals surface area (Å²) in [5, 5.41) is 11.9. The van der Waals surface area contributed by atoms with Crippen LogP contribution in [-0.2, 0) is 11.2 Å². The molecule has 0 saturated carbocycles. The number of halogens is 1. The Morgan fingerprint density at radius 2 is 2.25 bits per heavy atom. The molecule has 1 aliphatic rings. The summed E-state index contributed by atoms with van der Waals surface area (Å²) in [7, 11) is 0. The number of fused-ring (bicyclic) bond motifs is 1. The van der Waals surface area contributed by atoms with Crippen LogP contribution >= 0.6 is 15.9 Å². The quantitative estimate of drug-likeness (QED) is 0.849. The average molecular weight is 339 g/mol. The molecule has 1 amide bonds. The first-order chi connectivity index (χ1) is 9.31. The first-order valence-corrected chi connectivity index (χ1v) is 6.99. The van der Waals surface area contributed by atoms with Gasteiger partial charge in [0.15, 0.2) is 0 Å². The second kappa shape index (κ2) is 5.33. The third-order valence-corrected chi connectivity index (χ3v) is 3.27. The second-order valence-corrected chi connectivity index (χ2v) is 6.28. The van der Waals surface area contributed by atoms with Gasteiger partial charge < -0.3 is 9.47 Å². The van der Waals surface area contributed by atoms with Gasteiger partial charge in [-0.1, -0.05) is 0 Å². The number of hydrogen-bond donors (Lipinski definition) is 1. The Bertz CT molecular complexity index is 600. The summed E-state index contributed by atoms with van der Waals surface area (Å²) < 4.78 is 11.4. The van der Waals surface area contributed by atoms with Crippen LogP contribution in [0.15, 0.2) is 10.5 Å². The Balaban J connectivity index is 2.32. The predicted octanol–water partition coefficient (Wildman–Crippen LogP) is 3.60. The molecule has 0 fully saturated rings. The van der Waals surface area contributed by atoms with E-state index in [1.54, 1.807) is 26.8 Å². The van der Waals surface area contributed by atoms with Crippen LogP contribution < -0.4 is 10.1 Å². The van der Waals surface area contributed by atoms with E-state index < -0.39 is 11.7 Å². The molecule has 0 atom stereocenters. The van der Waals surface area contributed by atoms with Crippen molar-refractivity contribution in [2.75, 3.05) is 11.9 Å². The van der Waals surface area contributed by atoms with Crippen LogP contribution in [0.1, 0.15) is 31.9 Å². The summed E-state index contributed by atoms with van der Waals surface area (Å²) in [6.45, 7) is 5.89. The highest BCUT2D eigenvalue weighted by Crippen LogP contribution is 2.39. The first-order valence-electron chi connectivity index (χ1n) is 6.20.